The summed E-state index contributed by atoms with van der Waals surface area (Å²) in [6, 6.07) is 8.68. The summed E-state index contributed by atoms with van der Waals surface area (Å²) in [5, 5.41) is 0. The molecule has 1 aliphatic rings. The minimum Gasteiger partial charge on any atom is -0.378 e. The summed E-state index contributed by atoms with van der Waals surface area (Å²) in [6.07, 6.45) is 0. The average Bonchev–Trinajstić information content (AvgIpc) is 2.65. The normalized spacial score (nSPS) is 21.0. The molecule has 0 bridgehead atoms. The van der Waals surface area contributed by atoms with Gasteiger partial charge in [-0.2, -0.15) is 0 Å². The average molecular weight is 367 g/mol. The molecule has 1 aliphatic heterocycles. The molecule has 0 aromatic heterocycles. The van der Waals surface area contributed by atoms with Crippen LogP contribution in [0.25, 0.3) is 0 Å². The SMILES string of the molecule is Cc1ccc(CN2CCOCCOCCOCCOCCOCC2)cc1. The van der Waals surface area contributed by atoms with Gasteiger partial charge in [0.2, 0.25) is 0 Å². The number of nitrogens with zero attached hydrogens (tertiary/aromatic N) is 1. The zero-order valence-corrected chi connectivity index (χ0v) is 16.0. The van der Waals surface area contributed by atoms with Crippen LogP contribution in [0.4, 0.5) is 0 Å². The lowest BCUT2D eigenvalue weighted by atomic mass is 10.1. The van der Waals surface area contributed by atoms with E-state index in [1.165, 1.54) is 11.1 Å². The maximum Gasteiger partial charge on any atom is 0.0701 e. The Balaban J connectivity index is 1.76. The van der Waals surface area contributed by atoms with E-state index in [9.17, 15) is 0 Å². The van der Waals surface area contributed by atoms with E-state index in [0.717, 1.165) is 19.6 Å². The van der Waals surface area contributed by atoms with Crippen molar-refractivity contribution in [3.8, 4) is 0 Å². The molecule has 0 radical (unpaired) electrons. The van der Waals surface area contributed by atoms with Crippen LogP contribution >= 0.6 is 0 Å². The molecule has 2 rings (SSSR count). The van der Waals surface area contributed by atoms with Gasteiger partial charge in [0.05, 0.1) is 66.1 Å². The third-order valence-corrected chi connectivity index (χ3v) is 4.12. The fourth-order valence-electron chi connectivity index (χ4n) is 2.59. The van der Waals surface area contributed by atoms with E-state index in [-0.39, 0.29) is 0 Å². The molecule has 1 saturated heterocycles. The Morgan fingerprint density at radius 2 is 1.00 bits per heavy atom. The maximum atomic E-state index is 5.70. The summed E-state index contributed by atoms with van der Waals surface area (Å²) in [6.45, 7) is 10.9. The summed E-state index contributed by atoms with van der Waals surface area (Å²) < 4.78 is 27.8. The molecule has 1 fully saturated rings. The lowest BCUT2D eigenvalue weighted by Gasteiger charge is -2.22. The Kier molecular flexibility index (Phi) is 11.5. The second-order valence-corrected chi connectivity index (χ2v) is 6.32. The summed E-state index contributed by atoms with van der Waals surface area (Å²) in [5.41, 5.74) is 2.59. The van der Waals surface area contributed by atoms with E-state index < -0.39 is 0 Å². The lowest BCUT2D eigenvalue weighted by Crippen LogP contribution is -2.31. The van der Waals surface area contributed by atoms with E-state index in [1.807, 2.05) is 0 Å². The molecule has 1 heterocycles. The van der Waals surface area contributed by atoms with Crippen LogP contribution in [-0.2, 0) is 30.2 Å². The first-order valence-corrected chi connectivity index (χ1v) is 9.51. The van der Waals surface area contributed by atoms with Crippen LogP contribution in [0.2, 0.25) is 0 Å². The quantitative estimate of drug-likeness (QED) is 0.796. The van der Waals surface area contributed by atoms with Crippen molar-refractivity contribution in [2.24, 2.45) is 0 Å². The van der Waals surface area contributed by atoms with E-state index in [4.69, 9.17) is 23.7 Å². The van der Waals surface area contributed by atoms with Crippen molar-refractivity contribution < 1.29 is 23.7 Å². The van der Waals surface area contributed by atoms with Crippen LogP contribution in [0.5, 0.6) is 0 Å². The van der Waals surface area contributed by atoms with Gasteiger partial charge in [0.25, 0.3) is 0 Å². The van der Waals surface area contributed by atoms with Crippen LogP contribution in [0.15, 0.2) is 24.3 Å². The van der Waals surface area contributed by atoms with Crippen LogP contribution in [0.3, 0.4) is 0 Å². The zero-order chi connectivity index (χ0) is 18.3. The number of rotatable bonds is 2. The molecule has 0 saturated carbocycles. The third-order valence-electron chi connectivity index (χ3n) is 4.12. The molecule has 1 aromatic rings. The van der Waals surface area contributed by atoms with Gasteiger partial charge in [-0.15, -0.1) is 0 Å². The van der Waals surface area contributed by atoms with Crippen LogP contribution in [0.1, 0.15) is 11.1 Å². The minimum atomic E-state index is 0.587. The Morgan fingerprint density at radius 3 is 1.42 bits per heavy atom. The number of hydrogen-bond acceptors (Lipinski definition) is 6. The number of benzene rings is 1. The minimum absolute atomic E-state index is 0.587. The third kappa shape index (κ3) is 10.2. The summed E-state index contributed by atoms with van der Waals surface area (Å²) in [7, 11) is 0. The Morgan fingerprint density at radius 1 is 0.615 bits per heavy atom. The van der Waals surface area contributed by atoms with E-state index >= 15 is 0 Å². The highest BCUT2D eigenvalue weighted by atomic mass is 16.6. The Labute approximate surface area is 157 Å². The molecule has 6 nitrogen and oxygen atoms in total. The molecule has 6 heteroatoms. The summed E-state index contributed by atoms with van der Waals surface area (Å²) in [4.78, 5) is 2.36. The molecule has 0 spiro atoms. The zero-order valence-electron chi connectivity index (χ0n) is 16.0. The molecule has 148 valence electrons. The first-order chi connectivity index (χ1) is 12.8. The van der Waals surface area contributed by atoms with Crippen molar-refractivity contribution in [1.82, 2.24) is 4.90 Å². The summed E-state index contributed by atoms with van der Waals surface area (Å²) >= 11 is 0. The predicted octanol–water partition coefficient (Wildman–Crippen LogP) is 1.89. The molecule has 0 aliphatic carbocycles. The number of hydrogen-bond donors (Lipinski definition) is 0. The Hall–Kier alpha value is -1.02. The molecule has 26 heavy (non-hydrogen) atoms. The van der Waals surface area contributed by atoms with Crippen molar-refractivity contribution in [3.05, 3.63) is 35.4 Å². The maximum absolute atomic E-state index is 5.70. The molecule has 0 N–H and O–H groups in total. The van der Waals surface area contributed by atoms with Gasteiger partial charge in [0.1, 0.15) is 0 Å². The lowest BCUT2D eigenvalue weighted by molar-refractivity contribution is -0.0189. The number of ether oxygens (including phenoxy) is 5. The first kappa shape index (κ1) is 21.3. The van der Waals surface area contributed by atoms with E-state index in [2.05, 4.69) is 36.1 Å². The highest BCUT2D eigenvalue weighted by molar-refractivity contribution is 5.21. The van der Waals surface area contributed by atoms with Crippen LogP contribution in [0, 0.1) is 6.92 Å². The van der Waals surface area contributed by atoms with Gasteiger partial charge in [-0.3, -0.25) is 4.90 Å². The molecule has 1 aromatic carbocycles. The fraction of sp³-hybridized carbons (Fsp3) is 0.700. The molecule has 0 atom stereocenters. The molecular formula is C20H33NO5. The van der Waals surface area contributed by atoms with E-state index in [1.54, 1.807) is 0 Å². The van der Waals surface area contributed by atoms with Crippen LogP contribution in [-0.4, -0.2) is 84.1 Å². The van der Waals surface area contributed by atoms with Crippen molar-refractivity contribution in [2.45, 2.75) is 13.5 Å². The van der Waals surface area contributed by atoms with Crippen molar-refractivity contribution in [2.75, 3.05) is 79.2 Å². The predicted molar refractivity (Wildman–Crippen MR) is 101 cm³/mol. The second-order valence-electron chi connectivity index (χ2n) is 6.32. The highest BCUT2D eigenvalue weighted by Gasteiger charge is 2.07. The summed E-state index contributed by atoms with van der Waals surface area (Å²) in [5.74, 6) is 0. The molecule has 0 amide bonds. The van der Waals surface area contributed by atoms with Crippen molar-refractivity contribution in [3.63, 3.8) is 0 Å². The van der Waals surface area contributed by atoms with Gasteiger partial charge in [0, 0.05) is 19.6 Å². The highest BCUT2D eigenvalue weighted by Crippen LogP contribution is 2.07. The fourth-order valence-corrected chi connectivity index (χ4v) is 2.59. The second kappa shape index (κ2) is 14.1. The molecule has 0 unspecified atom stereocenters. The number of aryl methyl sites for hydroxylation is 1. The van der Waals surface area contributed by atoms with Gasteiger partial charge in [-0.1, -0.05) is 29.8 Å². The monoisotopic (exact) mass is 367 g/mol. The standard InChI is InChI=1S/C20H33NO5/c1-19-2-4-20(5-3-19)18-21-6-8-22-10-12-24-14-16-26-17-15-25-13-11-23-9-7-21/h2-5H,6-18H2,1H3. The largest absolute Gasteiger partial charge is 0.378 e. The van der Waals surface area contributed by atoms with Gasteiger partial charge in [-0.25, -0.2) is 0 Å². The smallest absolute Gasteiger partial charge is 0.0701 e. The first-order valence-electron chi connectivity index (χ1n) is 9.51. The Bertz CT molecular complexity index is 436. The topological polar surface area (TPSA) is 49.4 Å². The van der Waals surface area contributed by atoms with Gasteiger partial charge in [0.15, 0.2) is 0 Å². The van der Waals surface area contributed by atoms with Crippen molar-refractivity contribution in [1.29, 1.82) is 0 Å². The van der Waals surface area contributed by atoms with Gasteiger partial charge < -0.3 is 23.7 Å². The van der Waals surface area contributed by atoms with Gasteiger partial charge in [-0.05, 0) is 12.5 Å². The van der Waals surface area contributed by atoms with Gasteiger partial charge >= 0.3 is 0 Å². The van der Waals surface area contributed by atoms with E-state index in [0.29, 0.717) is 66.1 Å². The van der Waals surface area contributed by atoms with Crippen molar-refractivity contribution >= 4 is 0 Å². The van der Waals surface area contributed by atoms with Crippen LogP contribution < -0.4 is 0 Å². The molecular weight excluding hydrogens is 334 g/mol.